The predicted molar refractivity (Wildman–Crippen MR) is 116 cm³/mol. The highest BCUT2D eigenvalue weighted by Crippen LogP contribution is 2.19. The van der Waals surface area contributed by atoms with Gasteiger partial charge in [0.2, 0.25) is 0 Å². The molecule has 0 aliphatic carbocycles. The zero-order valence-corrected chi connectivity index (χ0v) is 17.9. The molecule has 0 fully saturated rings. The molecule has 0 atom stereocenters. The van der Waals surface area contributed by atoms with Crippen LogP contribution in [0.4, 0.5) is 8.78 Å². The van der Waals surface area contributed by atoms with Crippen molar-refractivity contribution in [3.8, 4) is 11.4 Å². The molecule has 2 heterocycles. The maximum atomic E-state index is 13.7. The largest absolute Gasteiger partial charge is 0.497 e. The Labute approximate surface area is 182 Å². The van der Waals surface area contributed by atoms with Crippen LogP contribution in [0.25, 0.3) is 16.9 Å². The predicted octanol–water partition coefficient (Wildman–Crippen LogP) is 3.34. The molecule has 7 nitrogen and oxygen atoms in total. The number of fused-ring (bicyclic) bond motifs is 1. The lowest BCUT2D eigenvalue weighted by Crippen LogP contribution is -2.41. The van der Waals surface area contributed by atoms with Crippen molar-refractivity contribution < 1.29 is 13.5 Å². The summed E-state index contributed by atoms with van der Waals surface area (Å²) in [6.07, 6.45) is 1.42. The van der Waals surface area contributed by atoms with Gasteiger partial charge in [0.1, 0.15) is 5.75 Å². The molecule has 2 aromatic heterocycles. The van der Waals surface area contributed by atoms with Gasteiger partial charge in [-0.25, -0.2) is 23.1 Å². The summed E-state index contributed by atoms with van der Waals surface area (Å²) in [6.45, 7) is 4.12. The van der Waals surface area contributed by atoms with Gasteiger partial charge in [-0.05, 0) is 35.7 Å². The quantitative estimate of drug-likeness (QED) is 0.461. The highest BCUT2D eigenvalue weighted by Gasteiger charge is 2.20. The number of hydrogen-bond donors (Lipinski definition) is 0. The monoisotopic (exact) mass is 440 g/mol. The van der Waals surface area contributed by atoms with E-state index in [1.807, 2.05) is 13.8 Å². The Hall–Kier alpha value is -3.75. The van der Waals surface area contributed by atoms with E-state index >= 15 is 0 Å². The van der Waals surface area contributed by atoms with Crippen LogP contribution in [0.3, 0.4) is 0 Å². The fraction of sp³-hybridized carbons (Fsp3) is 0.261. The first-order chi connectivity index (χ1) is 15.3. The SMILES string of the molecule is COc1cccc(-n2c(=O)n(CC(C)C)c(=O)c3c2ncn3Cc2ccc(F)c(F)c2)c1. The van der Waals surface area contributed by atoms with Gasteiger partial charge >= 0.3 is 5.69 Å². The van der Waals surface area contributed by atoms with E-state index in [1.165, 1.54) is 33.2 Å². The summed E-state index contributed by atoms with van der Waals surface area (Å²) in [7, 11) is 1.52. The minimum Gasteiger partial charge on any atom is -0.497 e. The molecule has 4 aromatic rings. The first kappa shape index (κ1) is 21.5. The van der Waals surface area contributed by atoms with Gasteiger partial charge in [0, 0.05) is 19.2 Å². The molecule has 0 spiro atoms. The molecule has 0 aliphatic rings. The number of ether oxygens (including phenoxy) is 1. The van der Waals surface area contributed by atoms with Crippen molar-refractivity contribution in [3.63, 3.8) is 0 Å². The molecule has 32 heavy (non-hydrogen) atoms. The van der Waals surface area contributed by atoms with E-state index in [0.29, 0.717) is 17.0 Å². The third-order valence-corrected chi connectivity index (χ3v) is 5.10. The Morgan fingerprint density at radius 3 is 2.53 bits per heavy atom. The summed E-state index contributed by atoms with van der Waals surface area (Å²) in [4.78, 5) is 31.0. The number of nitrogens with zero attached hydrogens (tertiary/aromatic N) is 4. The molecule has 0 saturated heterocycles. The van der Waals surface area contributed by atoms with Crippen molar-refractivity contribution in [1.82, 2.24) is 18.7 Å². The van der Waals surface area contributed by atoms with E-state index in [2.05, 4.69) is 4.98 Å². The molecule has 166 valence electrons. The average molecular weight is 440 g/mol. The fourth-order valence-corrected chi connectivity index (χ4v) is 3.64. The molecule has 0 unspecified atom stereocenters. The Morgan fingerprint density at radius 1 is 1.06 bits per heavy atom. The van der Waals surface area contributed by atoms with Crippen LogP contribution in [0.1, 0.15) is 19.4 Å². The Bertz CT molecular complexity index is 1420. The molecule has 0 N–H and O–H groups in total. The zero-order valence-electron chi connectivity index (χ0n) is 17.9. The van der Waals surface area contributed by atoms with Crippen LogP contribution in [-0.4, -0.2) is 25.8 Å². The summed E-state index contributed by atoms with van der Waals surface area (Å²) < 4.78 is 36.4. The van der Waals surface area contributed by atoms with Crippen molar-refractivity contribution in [3.05, 3.63) is 86.8 Å². The van der Waals surface area contributed by atoms with E-state index < -0.39 is 22.9 Å². The number of hydrogen-bond acceptors (Lipinski definition) is 4. The van der Waals surface area contributed by atoms with Gasteiger partial charge in [0.15, 0.2) is 22.8 Å². The van der Waals surface area contributed by atoms with E-state index in [0.717, 1.165) is 12.1 Å². The first-order valence-electron chi connectivity index (χ1n) is 10.1. The molecule has 0 aliphatic heterocycles. The number of rotatable bonds is 6. The summed E-state index contributed by atoms with van der Waals surface area (Å²) in [5, 5.41) is 0. The summed E-state index contributed by atoms with van der Waals surface area (Å²) in [6, 6.07) is 10.4. The molecule has 9 heteroatoms. The molecule has 0 saturated carbocycles. The van der Waals surface area contributed by atoms with Crippen LogP contribution in [-0.2, 0) is 13.1 Å². The summed E-state index contributed by atoms with van der Waals surface area (Å²) in [5.41, 5.74) is 0.321. The van der Waals surface area contributed by atoms with Crippen molar-refractivity contribution in [1.29, 1.82) is 0 Å². The Morgan fingerprint density at radius 2 is 1.84 bits per heavy atom. The molecule has 0 amide bonds. The third kappa shape index (κ3) is 3.81. The second-order valence-electron chi connectivity index (χ2n) is 7.92. The highest BCUT2D eigenvalue weighted by molar-refractivity contribution is 5.72. The zero-order chi connectivity index (χ0) is 23.0. The topological polar surface area (TPSA) is 71.1 Å². The third-order valence-electron chi connectivity index (χ3n) is 5.10. The van der Waals surface area contributed by atoms with Gasteiger partial charge in [-0.2, -0.15) is 0 Å². The van der Waals surface area contributed by atoms with E-state index in [-0.39, 0.29) is 30.2 Å². The van der Waals surface area contributed by atoms with Crippen molar-refractivity contribution >= 4 is 11.2 Å². The second-order valence-corrected chi connectivity index (χ2v) is 7.92. The molecule has 2 aromatic carbocycles. The number of halogens is 2. The lowest BCUT2D eigenvalue weighted by molar-refractivity contribution is 0.414. The lowest BCUT2D eigenvalue weighted by Gasteiger charge is -2.14. The highest BCUT2D eigenvalue weighted by atomic mass is 19.2. The van der Waals surface area contributed by atoms with Crippen molar-refractivity contribution in [2.75, 3.05) is 7.11 Å². The van der Waals surface area contributed by atoms with Crippen LogP contribution < -0.4 is 16.0 Å². The smallest absolute Gasteiger partial charge is 0.337 e. The van der Waals surface area contributed by atoms with Gasteiger partial charge in [0.25, 0.3) is 5.56 Å². The maximum absolute atomic E-state index is 13.7. The second kappa shape index (κ2) is 8.41. The summed E-state index contributed by atoms with van der Waals surface area (Å²) in [5.74, 6) is -1.34. The summed E-state index contributed by atoms with van der Waals surface area (Å²) >= 11 is 0. The van der Waals surface area contributed by atoms with Crippen LogP contribution in [0, 0.1) is 17.6 Å². The number of benzene rings is 2. The Kier molecular flexibility index (Phi) is 5.65. The van der Waals surface area contributed by atoms with Crippen LogP contribution >= 0.6 is 0 Å². The average Bonchev–Trinajstić information content (AvgIpc) is 3.17. The molecular weight excluding hydrogens is 418 g/mol. The van der Waals surface area contributed by atoms with Gasteiger partial charge in [-0.15, -0.1) is 0 Å². The maximum Gasteiger partial charge on any atom is 0.337 e. The number of methoxy groups -OCH3 is 1. The molecule has 4 rings (SSSR count). The van der Waals surface area contributed by atoms with Gasteiger partial charge in [-0.1, -0.05) is 26.0 Å². The van der Waals surface area contributed by atoms with E-state index in [4.69, 9.17) is 4.74 Å². The van der Waals surface area contributed by atoms with Gasteiger partial charge < -0.3 is 9.30 Å². The molecular formula is C23H22F2N4O3. The fourth-order valence-electron chi connectivity index (χ4n) is 3.64. The standard InChI is InChI=1S/C23H22F2N4O3/c1-14(2)11-28-22(30)20-21(29(23(28)31)16-5-4-6-17(10-16)32-3)26-13-27(20)12-15-7-8-18(24)19(25)9-15/h4-10,13-14H,11-12H2,1-3H3. The van der Waals surface area contributed by atoms with Gasteiger partial charge in [0.05, 0.1) is 19.1 Å². The van der Waals surface area contributed by atoms with Crippen molar-refractivity contribution in [2.24, 2.45) is 5.92 Å². The Balaban J connectivity index is 1.98. The first-order valence-corrected chi connectivity index (χ1v) is 10.1. The minimum atomic E-state index is -0.975. The number of imidazole rings is 1. The van der Waals surface area contributed by atoms with Crippen LogP contribution in [0.15, 0.2) is 58.4 Å². The lowest BCUT2D eigenvalue weighted by atomic mass is 10.2. The number of aromatic nitrogens is 4. The van der Waals surface area contributed by atoms with E-state index in [1.54, 1.807) is 24.3 Å². The molecule has 0 radical (unpaired) electrons. The van der Waals surface area contributed by atoms with E-state index in [9.17, 15) is 18.4 Å². The van der Waals surface area contributed by atoms with Crippen molar-refractivity contribution in [2.45, 2.75) is 26.9 Å². The normalized spacial score (nSPS) is 11.4. The van der Waals surface area contributed by atoms with Gasteiger partial charge in [-0.3, -0.25) is 9.36 Å². The van der Waals surface area contributed by atoms with Crippen LogP contribution in [0.2, 0.25) is 0 Å². The van der Waals surface area contributed by atoms with Crippen LogP contribution in [0.5, 0.6) is 5.75 Å². The minimum absolute atomic E-state index is 0.0409. The molecule has 0 bridgehead atoms.